The Morgan fingerprint density at radius 3 is 2.40 bits per heavy atom. The number of carbonyl (C=O) groups is 1. The van der Waals surface area contributed by atoms with E-state index in [1.165, 1.54) is 43.4 Å². The van der Waals surface area contributed by atoms with Gasteiger partial charge in [0.25, 0.3) is 0 Å². The molecule has 1 aliphatic carbocycles. The smallest absolute Gasteiger partial charge is 0.240 e. The molecule has 30 heavy (non-hydrogen) atoms. The average Bonchev–Trinajstić information content (AvgIpc) is 3.21. The van der Waals surface area contributed by atoms with Crippen LogP contribution >= 0.6 is 34.5 Å². The van der Waals surface area contributed by atoms with Gasteiger partial charge in [0.1, 0.15) is 5.01 Å². The molecule has 2 aliphatic rings. The maximum atomic E-state index is 12.5. The molecule has 0 bridgehead atoms. The third-order valence-electron chi connectivity index (χ3n) is 5.92. The van der Waals surface area contributed by atoms with E-state index in [1.807, 2.05) is 18.2 Å². The normalized spacial score (nSPS) is 19.1. The van der Waals surface area contributed by atoms with Crippen molar-refractivity contribution in [1.82, 2.24) is 20.0 Å². The van der Waals surface area contributed by atoms with Gasteiger partial charge in [-0.15, -0.1) is 10.2 Å². The summed E-state index contributed by atoms with van der Waals surface area (Å²) >= 11 is 14.1. The second-order valence-corrected chi connectivity index (χ2v) is 9.90. The molecule has 2 aromatic rings. The molecule has 6 nitrogen and oxygen atoms in total. The SMILES string of the molecule is O=C(CN1CCN(Cc2c(Cl)cccc2Cl)CC1)Nc1nnc(C2CCCCC2)s1. The number of halogens is 2. The van der Waals surface area contributed by atoms with Crippen molar-refractivity contribution in [1.29, 1.82) is 0 Å². The summed E-state index contributed by atoms with van der Waals surface area (Å²) in [5.41, 5.74) is 0.970. The fourth-order valence-corrected chi connectivity index (χ4v) is 5.62. The lowest BCUT2D eigenvalue weighted by Gasteiger charge is -2.34. The molecule has 0 spiro atoms. The summed E-state index contributed by atoms with van der Waals surface area (Å²) in [5.74, 6) is 0.491. The molecule has 9 heteroatoms. The maximum Gasteiger partial charge on any atom is 0.240 e. The Kier molecular flexibility index (Phi) is 7.59. The number of hydrogen-bond donors (Lipinski definition) is 1. The van der Waals surface area contributed by atoms with Crippen LogP contribution in [-0.4, -0.2) is 58.6 Å². The van der Waals surface area contributed by atoms with Crippen LogP contribution in [0.4, 0.5) is 5.13 Å². The molecule has 0 atom stereocenters. The zero-order valence-corrected chi connectivity index (χ0v) is 19.3. The summed E-state index contributed by atoms with van der Waals surface area (Å²) in [6, 6.07) is 5.60. The Hall–Kier alpha value is -1.25. The summed E-state index contributed by atoms with van der Waals surface area (Å²) in [5, 5.41) is 14.5. The number of anilines is 1. The van der Waals surface area contributed by atoms with Crippen LogP contribution < -0.4 is 5.32 Å². The number of rotatable bonds is 6. The second-order valence-electron chi connectivity index (χ2n) is 8.08. The van der Waals surface area contributed by atoms with Crippen molar-refractivity contribution < 1.29 is 4.79 Å². The van der Waals surface area contributed by atoms with Gasteiger partial charge in [0.2, 0.25) is 11.0 Å². The number of nitrogens with one attached hydrogen (secondary N) is 1. The highest BCUT2D eigenvalue weighted by Gasteiger charge is 2.22. The molecule has 162 valence electrons. The van der Waals surface area contributed by atoms with E-state index in [0.717, 1.165) is 43.3 Å². The first-order valence-corrected chi connectivity index (χ1v) is 12.2. The van der Waals surface area contributed by atoms with Crippen LogP contribution in [0.3, 0.4) is 0 Å². The van der Waals surface area contributed by atoms with Crippen molar-refractivity contribution in [2.75, 3.05) is 38.0 Å². The third-order valence-corrected chi connectivity index (χ3v) is 7.63. The van der Waals surface area contributed by atoms with Gasteiger partial charge in [-0.25, -0.2) is 0 Å². The molecule has 0 unspecified atom stereocenters. The molecule has 4 rings (SSSR count). The van der Waals surface area contributed by atoms with E-state index < -0.39 is 0 Å². The van der Waals surface area contributed by atoms with Gasteiger partial charge in [-0.3, -0.25) is 19.9 Å². The third kappa shape index (κ3) is 5.71. The highest BCUT2D eigenvalue weighted by Crippen LogP contribution is 2.35. The molecule has 2 fully saturated rings. The topological polar surface area (TPSA) is 61.4 Å². The Labute approximate surface area is 191 Å². The molecule has 1 aromatic carbocycles. The van der Waals surface area contributed by atoms with Crippen LogP contribution in [0.5, 0.6) is 0 Å². The number of piperazine rings is 1. The quantitative estimate of drug-likeness (QED) is 0.669. The van der Waals surface area contributed by atoms with E-state index in [-0.39, 0.29) is 5.91 Å². The lowest BCUT2D eigenvalue weighted by atomic mass is 9.90. The minimum Gasteiger partial charge on any atom is -0.299 e. The Morgan fingerprint density at radius 2 is 1.70 bits per heavy atom. The van der Waals surface area contributed by atoms with E-state index >= 15 is 0 Å². The van der Waals surface area contributed by atoms with E-state index in [0.29, 0.717) is 27.6 Å². The van der Waals surface area contributed by atoms with Gasteiger partial charge in [0.05, 0.1) is 6.54 Å². The number of aromatic nitrogens is 2. The molecule has 2 heterocycles. The molecule has 1 saturated carbocycles. The van der Waals surface area contributed by atoms with Crippen molar-refractivity contribution in [3.8, 4) is 0 Å². The average molecular weight is 468 g/mol. The number of carbonyl (C=O) groups excluding carboxylic acids is 1. The van der Waals surface area contributed by atoms with Crippen molar-refractivity contribution in [3.63, 3.8) is 0 Å². The lowest BCUT2D eigenvalue weighted by molar-refractivity contribution is -0.117. The van der Waals surface area contributed by atoms with Crippen LogP contribution in [0.15, 0.2) is 18.2 Å². The van der Waals surface area contributed by atoms with Crippen molar-refractivity contribution in [3.05, 3.63) is 38.8 Å². The fourth-order valence-electron chi connectivity index (χ4n) is 4.17. The van der Waals surface area contributed by atoms with Crippen molar-refractivity contribution >= 4 is 45.6 Å². The highest BCUT2D eigenvalue weighted by atomic mass is 35.5. The van der Waals surface area contributed by atoms with Gasteiger partial charge in [-0.2, -0.15) is 0 Å². The summed E-state index contributed by atoms with van der Waals surface area (Å²) in [4.78, 5) is 17.0. The second kappa shape index (κ2) is 10.4. The number of amides is 1. The van der Waals surface area contributed by atoms with E-state index in [4.69, 9.17) is 23.2 Å². The molecular weight excluding hydrogens is 441 g/mol. The molecule has 1 amide bonds. The Morgan fingerprint density at radius 1 is 1.03 bits per heavy atom. The first-order chi connectivity index (χ1) is 14.6. The van der Waals surface area contributed by atoms with Gasteiger partial charge in [-0.05, 0) is 25.0 Å². The van der Waals surface area contributed by atoms with Crippen LogP contribution in [0.25, 0.3) is 0 Å². The lowest BCUT2D eigenvalue weighted by Crippen LogP contribution is -2.48. The summed E-state index contributed by atoms with van der Waals surface area (Å²) in [7, 11) is 0. The van der Waals surface area contributed by atoms with Crippen LogP contribution in [-0.2, 0) is 11.3 Å². The summed E-state index contributed by atoms with van der Waals surface area (Å²) in [6.45, 7) is 4.52. The van der Waals surface area contributed by atoms with Gasteiger partial charge < -0.3 is 0 Å². The minimum atomic E-state index is -0.0241. The van der Waals surface area contributed by atoms with E-state index in [2.05, 4.69) is 25.3 Å². The van der Waals surface area contributed by atoms with Crippen molar-refractivity contribution in [2.45, 2.75) is 44.6 Å². The first kappa shape index (κ1) is 22.0. The largest absolute Gasteiger partial charge is 0.299 e. The minimum absolute atomic E-state index is 0.0241. The number of benzene rings is 1. The van der Waals surface area contributed by atoms with E-state index in [1.54, 1.807) is 0 Å². The summed E-state index contributed by atoms with van der Waals surface area (Å²) in [6.07, 6.45) is 6.22. The molecular formula is C21H27Cl2N5OS. The maximum absolute atomic E-state index is 12.5. The monoisotopic (exact) mass is 467 g/mol. The summed E-state index contributed by atoms with van der Waals surface area (Å²) < 4.78 is 0. The molecule has 1 aliphatic heterocycles. The highest BCUT2D eigenvalue weighted by molar-refractivity contribution is 7.15. The van der Waals surface area contributed by atoms with Gasteiger partial charge in [-0.1, -0.05) is 59.9 Å². The predicted octanol–water partition coefficient (Wildman–Crippen LogP) is 4.65. The van der Waals surface area contributed by atoms with Gasteiger partial charge in [0, 0.05) is 54.3 Å². The molecule has 0 radical (unpaired) electrons. The van der Waals surface area contributed by atoms with Crippen molar-refractivity contribution in [2.24, 2.45) is 0 Å². The number of hydrogen-bond acceptors (Lipinski definition) is 6. The number of nitrogens with zero attached hydrogens (tertiary/aromatic N) is 4. The van der Waals surface area contributed by atoms with Crippen LogP contribution in [0.1, 0.15) is 48.6 Å². The zero-order chi connectivity index (χ0) is 20.9. The fraction of sp³-hybridized carbons (Fsp3) is 0.571. The zero-order valence-electron chi connectivity index (χ0n) is 16.9. The van der Waals surface area contributed by atoms with Crippen LogP contribution in [0.2, 0.25) is 10.0 Å². The van der Waals surface area contributed by atoms with Crippen LogP contribution in [0, 0.1) is 0 Å². The predicted molar refractivity (Wildman–Crippen MR) is 123 cm³/mol. The molecule has 1 saturated heterocycles. The Bertz CT molecular complexity index is 843. The van der Waals surface area contributed by atoms with Gasteiger partial charge in [0.15, 0.2) is 0 Å². The molecule has 1 N–H and O–H groups in total. The Balaban J connectivity index is 1.22. The first-order valence-electron chi connectivity index (χ1n) is 10.6. The molecule has 1 aromatic heterocycles. The standard InChI is InChI=1S/C21H27Cl2N5OS/c22-17-7-4-8-18(23)16(17)13-27-9-11-28(12-10-27)14-19(29)24-21-26-25-20(30-21)15-5-2-1-3-6-15/h4,7-8,15H,1-3,5-6,9-14H2,(H,24,26,29). The van der Waals surface area contributed by atoms with Gasteiger partial charge >= 0.3 is 0 Å². The van der Waals surface area contributed by atoms with E-state index in [9.17, 15) is 4.79 Å².